The second-order valence-electron chi connectivity index (χ2n) is 5.81. The second kappa shape index (κ2) is 8.25. The Balaban J connectivity index is 1.89. The highest BCUT2D eigenvalue weighted by molar-refractivity contribution is 6.48. The van der Waals surface area contributed by atoms with E-state index in [-0.39, 0.29) is 26.7 Å². The molecule has 0 bridgehead atoms. The molecule has 1 amide bonds. The second-order valence-corrected chi connectivity index (χ2v) is 6.97. The minimum absolute atomic E-state index is 0.0115. The third-order valence-electron chi connectivity index (χ3n) is 4.08. The number of amides is 1. The van der Waals surface area contributed by atoms with Gasteiger partial charge in [-0.05, 0) is 12.8 Å². The molecule has 2 aromatic rings. The Morgan fingerprint density at radius 2 is 1.69 bits per heavy atom. The number of aromatic nitrogens is 1. The van der Waals surface area contributed by atoms with Gasteiger partial charge in [-0.15, -0.1) is 0 Å². The summed E-state index contributed by atoms with van der Waals surface area (Å²) in [7, 11) is 0. The molecular weight excluding hydrogens is 399 g/mol. The lowest BCUT2D eigenvalue weighted by atomic mass is 10.1. The van der Waals surface area contributed by atoms with Crippen LogP contribution in [0, 0.1) is 0 Å². The summed E-state index contributed by atoms with van der Waals surface area (Å²) in [6.45, 7) is 1.29. The van der Waals surface area contributed by atoms with Gasteiger partial charge in [0, 0.05) is 24.8 Å². The molecule has 1 fully saturated rings. The van der Waals surface area contributed by atoms with Crippen molar-refractivity contribution in [2.75, 3.05) is 13.1 Å². The summed E-state index contributed by atoms with van der Waals surface area (Å²) in [4.78, 5) is 31.0. The van der Waals surface area contributed by atoms with Crippen LogP contribution in [0.2, 0.25) is 15.1 Å². The highest BCUT2D eigenvalue weighted by Crippen LogP contribution is 2.32. The minimum atomic E-state index is -1.07. The number of likely N-dealkylation sites (tertiary alicyclic amines) is 1. The van der Waals surface area contributed by atoms with E-state index in [1.54, 1.807) is 29.2 Å². The summed E-state index contributed by atoms with van der Waals surface area (Å²) >= 11 is 17.9. The number of hydrogen-bond acceptors (Lipinski definition) is 4. The minimum Gasteiger partial charge on any atom is -0.443 e. The summed E-state index contributed by atoms with van der Waals surface area (Å²) in [5.41, 5.74) is 0.394. The van der Waals surface area contributed by atoms with Gasteiger partial charge in [0.05, 0.1) is 15.1 Å². The zero-order valence-corrected chi connectivity index (χ0v) is 15.9. The van der Waals surface area contributed by atoms with Gasteiger partial charge in [-0.25, -0.2) is 9.78 Å². The molecule has 0 N–H and O–H groups in total. The fourth-order valence-electron chi connectivity index (χ4n) is 2.74. The first kappa shape index (κ1) is 19.0. The van der Waals surface area contributed by atoms with Gasteiger partial charge < -0.3 is 9.64 Å². The number of carbonyl (C=O) groups excluding carboxylic acids is 2. The van der Waals surface area contributed by atoms with Crippen LogP contribution in [0.5, 0.6) is 0 Å². The molecule has 3 rings (SSSR count). The van der Waals surface area contributed by atoms with Crippen LogP contribution in [0.4, 0.5) is 0 Å². The molecule has 0 unspecified atom stereocenters. The summed E-state index contributed by atoms with van der Waals surface area (Å²) in [5.74, 6) is -1.10. The summed E-state index contributed by atoms with van der Waals surface area (Å²) in [6, 6.07) is 8.83. The normalized spacial score (nSPS) is 15.0. The van der Waals surface area contributed by atoms with Crippen molar-refractivity contribution in [1.29, 1.82) is 0 Å². The Labute approximate surface area is 165 Å². The molecule has 0 aliphatic carbocycles. The lowest BCUT2D eigenvalue weighted by Crippen LogP contribution is -2.35. The molecule has 0 spiro atoms. The van der Waals surface area contributed by atoms with Gasteiger partial charge in [-0.1, -0.05) is 65.1 Å². The first-order valence-corrected chi connectivity index (χ1v) is 9.16. The van der Waals surface area contributed by atoms with E-state index < -0.39 is 12.1 Å². The standard InChI is InChI=1S/C18H15Cl3N2O3/c19-12-10-22-15(14(21)13(12)20)18(25)26-16(11-6-2-1-3-7-11)17(24)23-8-4-5-9-23/h1-3,6-7,10,16H,4-5,8-9H2/t16-/m0/s1. The van der Waals surface area contributed by atoms with Gasteiger partial charge in [0.15, 0.2) is 5.69 Å². The molecule has 2 heterocycles. The third kappa shape index (κ3) is 3.95. The van der Waals surface area contributed by atoms with Crippen molar-refractivity contribution in [1.82, 2.24) is 9.88 Å². The van der Waals surface area contributed by atoms with Crippen LogP contribution in [-0.2, 0) is 9.53 Å². The number of nitrogens with zero attached hydrogens (tertiary/aromatic N) is 2. The average molecular weight is 414 g/mol. The van der Waals surface area contributed by atoms with Gasteiger partial charge in [0.1, 0.15) is 0 Å². The number of pyridine rings is 1. The van der Waals surface area contributed by atoms with Gasteiger partial charge in [0.2, 0.25) is 6.10 Å². The van der Waals surface area contributed by atoms with Gasteiger partial charge >= 0.3 is 5.97 Å². The molecule has 1 saturated heterocycles. The SMILES string of the molecule is O=C(O[C@H](C(=O)N1CCCC1)c1ccccc1)c1ncc(Cl)c(Cl)c1Cl. The first-order valence-electron chi connectivity index (χ1n) is 8.03. The van der Waals surface area contributed by atoms with Crippen molar-refractivity contribution >= 4 is 46.7 Å². The number of ether oxygens (including phenoxy) is 1. The van der Waals surface area contributed by atoms with Gasteiger partial charge in [0.25, 0.3) is 5.91 Å². The largest absolute Gasteiger partial charge is 0.443 e. The molecule has 1 aliphatic heterocycles. The van der Waals surface area contributed by atoms with Crippen LogP contribution in [0.1, 0.15) is 35.0 Å². The smallest absolute Gasteiger partial charge is 0.359 e. The fourth-order valence-corrected chi connectivity index (χ4v) is 3.30. The van der Waals surface area contributed by atoms with E-state index in [9.17, 15) is 9.59 Å². The lowest BCUT2D eigenvalue weighted by Gasteiger charge is -2.23. The molecule has 5 nitrogen and oxygen atoms in total. The first-order chi connectivity index (χ1) is 12.5. The number of benzene rings is 1. The molecule has 0 saturated carbocycles. The van der Waals surface area contributed by atoms with Crippen LogP contribution < -0.4 is 0 Å². The van der Waals surface area contributed by atoms with Gasteiger partial charge in [-0.2, -0.15) is 0 Å². The Hall–Kier alpha value is -1.82. The molecular formula is C18H15Cl3N2O3. The van der Waals surface area contributed by atoms with Crippen molar-refractivity contribution in [3.05, 3.63) is 62.9 Å². The predicted octanol–water partition coefficient (Wildman–Crippen LogP) is 4.56. The van der Waals surface area contributed by atoms with Crippen LogP contribution >= 0.6 is 34.8 Å². The molecule has 136 valence electrons. The molecule has 8 heteroatoms. The maximum atomic E-state index is 12.9. The predicted molar refractivity (Wildman–Crippen MR) is 99.7 cm³/mol. The lowest BCUT2D eigenvalue weighted by molar-refractivity contribution is -0.140. The van der Waals surface area contributed by atoms with E-state index in [1.807, 2.05) is 6.07 Å². The molecule has 1 aromatic heterocycles. The molecule has 1 aromatic carbocycles. The van der Waals surface area contributed by atoms with Crippen LogP contribution in [0.25, 0.3) is 0 Å². The quantitative estimate of drug-likeness (QED) is 0.689. The Morgan fingerprint density at radius 1 is 1.04 bits per heavy atom. The van der Waals surface area contributed by atoms with E-state index in [0.29, 0.717) is 18.7 Å². The molecule has 1 atom stereocenters. The number of rotatable bonds is 4. The fraction of sp³-hybridized carbons (Fsp3) is 0.278. The van der Waals surface area contributed by atoms with E-state index in [1.165, 1.54) is 6.20 Å². The maximum Gasteiger partial charge on any atom is 0.359 e. The highest BCUT2D eigenvalue weighted by Gasteiger charge is 2.32. The Bertz CT molecular complexity index is 824. The van der Waals surface area contributed by atoms with Crippen molar-refractivity contribution in [2.45, 2.75) is 18.9 Å². The number of esters is 1. The number of hydrogen-bond donors (Lipinski definition) is 0. The Kier molecular flexibility index (Phi) is 6.01. The van der Waals surface area contributed by atoms with Gasteiger partial charge in [-0.3, -0.25) is 4.79 Å². The van der Waals surface area contributed by atoms with Crippen molar-refractivity contribution in [3.63, 3.8) is 0 Å². The van der Waals surface area contributed by atoms with E-state index in [2.05, 4.69) is 4.98 Å². The Morgan fingerprint density at radius 3 is 2.35 bits per heavy atom. The summed E-state index contributed by atoms with van der Waals surface area (Å²) in [6.07, 6.45) is 2.00. The van der Waals surface area contributed by atoms with E-state index in [4.69, 9.17) is 39.5 Å². The third-order valence-corrected chi connectivity index (χ3v) is 5.32. The monoisotopic (exact) mass is 412 g/mol. The summed E-state index contributed by atoms with van der Waals surface area (Å²) < 4.78 is 5.49. The average Bonchev–Trinajstić information content (AvgIpc) is 3.19. The van der Waals surface area contributed by atoms with Crippen molar-refractivity contribution in [3.8, 4) is 0 Å². The summed E-state index contributed by atoms with van der Waals surface area (Å²) in [5, 5.41) is 0.0305. The highest BCUT2D eigenvalue weighted by atomic mass is 35.5. The van der Waals surface area contributed by atoms with Crippen LogP contribution in [-0.4, -0.2) is 34.8 Å². The number of carbonyl (C=O) groups is 2. The molecule has 0 radical (unpaired) electrons. The molecule has 26 heavy (non-hydrogen) atoms. The topological polar surface area (TPSA) is 59.5 Å². The van der Waals surface area contributed by atoms with E-state index >= 15 is 0 Å². The van der Waals surface area contributed by atoms with E-state index in [0.717, 1.165) is 12.8 Å². The molecule has 1 aliphatic rings. The van der Waals surface area contributed by atoms with Crippen LogP contribution in [0.3, 0.4) is 0 Å². The van der Waals surface area contributed by atoms with Crippen molar-refractivity contribution in [2.24, 2.45) is 0 Å². The van der Waals surface area contributed by atoms with Crippen LogP contribution in [0.15, 0.2) is 36.5 Å². The zero-order valence-electron chi connectivity index (χ0n) is 13.6. The maximum absolute atomic E-state index is 12.9. The zero-order chi connectivity index (χ0) is 18.7. The number of halogens is 3. The van der Waals surface area contributed by atoms with Crippen molar-refractivity contribution < 1.29 is 14.3 Å².